The lowest BCUT2D eigenvalue weighted by molar-refractivity contribution is -0.371. The molecule has 0 aliphatic heterocycles. The lowest BCUT2D eigenvalue weighted by Crippen LogP contribution is -2.28. The highest BCUT2D eigenvalue weighted by molar-refractivity contribution is 5.66. The molecule has 0 saturated heterocycles. The summed E-state index contributed by atoms with van der Waals surface area (Å²) in [4.78, 5) is 20.8. The third-order valence-electron chi connectivity index (χ3n) is 7.34. The standard InChI is InChI=1S/C18H36O2.C16H35NO4/c1-2-3-4-5-6-7-8-9-10-11-12-13-14-15-16-17-18(19)20;1-2-3-4-5-6-7-8-9-10-11-12-17(20-15-13-18)21-16-14-19/h2-17H2,1H3,(H,19,20);18-19H,2-16H2,1H3. The zero-order chi connectivity index (χ0) is 30.5. The second-order valence-electron chi connectivity index (χ2n) is 11.4. The first-order valence-electron chi connectivity index (χ1n) is 17.6. The molecule has 3 N–H and O–H groups in total. The van der Waals surface area contributed by atoms with E-state index >= 15 is 0 Å². The van der Waals surface area contributed by atoms with Gasteiger partial charge in [0.2, 0.25) is 0 Å². The predicted octanol–water partition coefficient (Wildman–Crippen LogP) is 9.39. The maximum Gasteiger partial charge on any atom is 0.303 e. The summed E-state index contributed by atoms with van der Waals surface area (Å²) < 4.78 is 0. The first-order chi connectivity index (χ1) is 20.1. The summed E-state index contributed by atoms with van der Waals surface area (Å²) >= 11 is 0. The zero-order valence-corrected chi connectivity index (χ0v) is 27.4. The molecular formula is C34H71NO6. The van der Waals surface area contributed by atoms with Crippen molar-refractivity contribution < 1.29 is 29.8 Å². The van der Waals surface area contributed by atoms with E-state index in [0.717, 1.165) is 25.7 Å². The van der Waals surface area contributed by atoms with Crippen molar-refractivity contribution in [2.45, 2.75) is 181 Å². The lowest BCUT2D eigenvalue weighted by atomic mass is 10.0. The Morgan fingerprint density at radius 2 is 0.780 bits per heavy atom. The Bertz CT molecular complexity index is 472. The zero-order valence-electron chi connectivity index (χ0n) is 27.4. The smallest absolute Gasteiger partial charge is 0.303 e. The first-order valence-corrected chi connectivity index (χ1v) is 17.6. The van der Waals surface area contributed by atoms with Crippen LogP contribution in [0.4, 0.5) is 0 Å². The number of carbonyl (C=O) groups is 1. The van der Waals surface area contributed by atoms with Crippen LogP contribution in [-0.4, -0.2) is 59.5 Å². The average molecular weight is 590 g/mol. The van der Waals surface area contributed by atoms with Crippen molar-refractivity contribution in [3.8, 4) is 0 Å². The minimum absolute atomic E-state index is 0.0307. The number of aliphatic carboxylic acids is 1. The summed E-state index contributed by atoms with van der Waals surface area (Å²) in [6.07, 6.45) is 33.1. The topological polar surface area (TPSA) is 99.5 Å². The van der Waals surface area contributed by atoms with Gasteiger partial charge in [0.1, 0.15) is 0 Å². The molecule has 0 spiro atoms. The van der Waals surface area contributed by atoms with E-state index in [-0.39, 0.29) is 26.4 Å². The molecule has 248 valence electrons. The van der Waals surface area contributed by atoms with E-state index in [1.807, 2.05) is 0 Å². The van der Waals surface area contributed by atoms with Gasteiger partial charge < -0.3 is 15.3 Å². The summed E-state index contributed by atoms with van der Waals surface area (Å²) in [6.45, 7) is 5.58. The molecule has 0 saturated carbocycles. The van der Waals surface area contributed by atoms with Crippen LogP contribution in [0.2, 0.25) is 0 Å². The van der Waals surface area contributed by atoms with Crippen molar-refractivity contribution in [1.29, 1.82) is 0 Å². The maximum absolute atomic E-state index is 10.3. The summed E-state index contributed by atoms with van der Waals surface area (Å²) in [7, 11) is 0. The number of nitrogens with zero attached hydrogens (tertiary/aromatic N) is 1. The Morgan fingerprint density at radius 1 is 0.488 bits per heavy atom. The van der Waals surface area contributed by atoms with Crippen molar-refractivity contribution in [2.24, 2.45) is 0 Å². The fourth-order valence-electron chi connectivity index (χ4n) is 4.83. The molecule has 41 heavy (non-hydrogen) atoms. The van der Waals surface area contributed by atoms with E-state index in [1.54, 1.807) is 0 Å². The molecule has 0 unspecified atom stereocenters. The van der Waals surface area contributed by atoms with Gasteiger partial charge in [-0.25, -0.2) is 0 Å². The Morgan fingerprint density at radius 3 is 1.07 bits per heavy atom. The number of unbranched alkanes of at least 4 members (excludes halogenated alkanes) is 23. The van der Waals surface area contributed by atoms with Crippen LogP contribution in [0.5, 0.6) is 0 Å². The molecule has 0 rings (SSSR count). The van der Waals surface area contributed by atoms with Crippen molar-refractivity contribution in [1.82, 2.24) is 5.23 Å². The predicted molar refractivity (Wildman–Crippen MR) is 172 cm³/mol. The second kappa shape index (κ2) is 39.3. The second-order valence-corrected chi connectivity index (χ2v) is 11.4. The first kappa shape index (κ1) is 42.4. The number of aliphatic hydroxyl groups excluding tert-OH is 2. The fraction of sp³-hybridized carbons (Fsp3) is 0.971. The van der Waals surface area contributed by atoms with Gasteiger partial charge in [-0.3, -0.25) is 14.5 Å². The van der Waals surface area contributed by atoms with E-state index in [2.05, 4.69) is 13.8 Å². The molecule has 7 heteroatoms. The highest BCUT2D eigenvalue weighted by Gasteiger charge is 2.05. The molecule has 0 heterocycles. The molecule has 0 radical (unpaired) electrons. The molecule has 7 nitrogen and oxygen atoms in total. The number of hydroxylamine groups is 2. The van der Waals surface area contributed by atoms with Crippen LogP contribution in [-0.2, 0) is 14.5 Å². The van der Waals surface area contributed by atoms with Crippen molar-refractivity contribution in [3.63, 3.8) is 0 Å². The minimum atomic E-state index is -0.653. The van der Waals surface area contributed by atoms with Gasteiger partial charge in [0.15, 0.2) is 0 Å². The molecule has 0 bridgehead atoms. The van der Waals surface area contributed by atoms with Gasteiger partial charge >= 0.3 is 5.97 Å². The van der Waals surface area contributed by atoms with Gasteiger partial charge in [-0.15, -0.1) is 0 Å². The summed E-state index contributed by atoms with van der Waals surface area (Å²) in [5.41, 5.74) is 0. The normalized spacial score (nSPS) is 11.1. The van der Waals surface area contributed by atoms with Gasteiger partial charge in [-0.2, -0.15) is 0 Å². The SMILES string of the molecule is CCCCCCCCCCCCCCCCCC(=O)O.CCCCCCCCCCCCN(OCCO)OCCO. The number of hydrogen-bond donors (Lipinski definition) is 3. The number of aliphatic hydroxyl groups is 2. The Balaban J connectivity index is 0. The Labute approximate surface area is 254 Å². The van der Waals surface area contributed by atoms with E-state index < -0.39 is 5.97 Å². The van der Waals surface area contributed by atoms with E-state index in [0.29, 0.717) is 13.0 Å². The molecule has 0 aromatic heterocycles. The van der Waals surface area contributed by atoms with Gasteiger partial charge in [0.25, 0.3) is 0 Å². The van der Waals surface area contributed by atoms with E-state index in [1.165, 1.54) is 140 Å². The summed E-state index contributed by atoms with van der Waals surface area (Å²) in [5.74, 6) is -0.653. The lowest BCUT2D eigenvalue weighted by Gasteiger charge is -2.20. The third-order valence-corrected chi connectivity index (χ3v) is 7.34. The van der Waals surface area contributed by atoms with Crippen LogP contribution in [0.3, 0.4) is 0 Å². The maximum atomic E-state index is 10.3. The Hall–Kier alpha value is -0.730. The van der Waals surface area contributed by atoms with Crippen molar-refractivity contribution in [2.75, 3.05) is 33.0 Å². The molecular weight excluding hydrogens is 518 g/mol. The quantitative estimate of drug-likeness (QED) is 0.0518. The minimum Gasteiger partial charge on any atom is -0.481 e. The van der Waals surface area contributed by atoms with Crippen LogP contribution >= 0.6 is 0 Å². The van der Waals surface area contributed by atoms with Gasteiger partial charge in [-0.1, -0.05) is 167 Å². The van der Waals surface area contributed by atoms with Crippen molar-refractivity contribution in [3.05, 3.63) is 0 Å². The Kier molecular flexibility index (Phi) is 40.6. The summed E-state index contributed by atoms with van der Waals surface area (Å²) in [5, 5.41) is 27.4. The van der Waals surface area contributed by atoms with Gasteiger partial charge in [0.05, 0.1) is 33.0 Å². The number of rotatable bonds is 33. The highest BCUT2D eigenvalue weighted by Crippen LogP contribution is 2.14. The van der Waals surface area contributed by atoms with Gasteiger partial charge in [0, 0.05) is 6.42 Å². The van der Waals surface area contributed by atoms with Crippen LogP contribution in [0.25, 0.3) is 0 Å². The number of hydrogen-bond acceptors (Lipinski definition) is 6. The van der Waals surface area contributed by atoms with Crippen LogP contribution in [0.15, 0.2) is 0 Å². The van der Waals surface area contributed by atoms with Crippen molar-refractivity contribution >= 4 is 5.97 Å². The third kappa shape index (κ3) is 41.5. The van der Waals surface area contributed by atoms with Gasteiger partial charge in [-0.05, 0) is 12.8 Å². The monoisotopic (exact) mass is 590 g/mol. The highest BCUT2D eigenvalue weighted by atomic mass is 16.9. The van der Waals surface area contributed by atoms with E-state index in [4.69, 9.17) is 25.0 Å². The molecule has 0 aromatic rings. The number of carboxylic acid groups (broad SMARTS) is 1. The molecule has 0 fully saturated rings. The molecule has 0 aromatic carbocycles. The number of carboxylic acids is 1. The molecule has 0 aliphatic carbocycles. The molecule has 0 atom stereocenters. The average Bonchev–Trinajstić information content (AvgIpc) is 2.97. The fourth-order valence-corrected chi connectivity index (χ4v) is 4.83. The summed E-state index contributed by atoms with van der Waals surface area (Å²) in [6, 6.07) is 0. The van der Waals surface area contributed by atoms with Crippen LogP contribution in [0.1, 0.15) is 181 Å². The van der Waals surface area contributed by atoms with E-state index in [9.17, 15) is 4.79 Å². The van der Waals surface area contributed by atoms with Crippen LogP contribution < -0.4 is 0 Å². The molecule has 0 amide bonds. The largest absolute Gasteiger partial charge is 0.481 e. The van der Waals surface area contributed by atoms with Crippen LogP contribution in [0, 0.1) is 0 Å². The molecule has 0 aliphatic rings.